The molecule has 0 unspecified atom stereocenters. The van der Waals surface area contributed by atoms with Crippen molar-refractivity contribution in [3.05, 3.63) is 60.2 Å². The summed E-state index contributed by atoms with van der Waals surface area (Å²) in [6.07, 6.45) is -0.113. The summed E-state index contributed by atoms with van der Waals surface area (Å²) in [6, 6.07) is 4.68. The minimum absolute atomic E-state index is 0.0416. The Morgan fingerprint density at radius 3 is 2.56 bits per heavy atom. The van der Waals surface area contributed by atoms with Gasteiger partial charge in [-0.2, -0.15) is 23.4 Å². The number of rotatable bonds is 5. The highest BCUT2D eigenvalue weighted by atomic mass is 32.2. The van der Waals surface area contributed by atoms with E-state index < -0.39 is 21.8 Å². The molecule has 1 aromatic carbocycles. The van der Waals surface area contributed by atoms with E-state index >= 15 is 0 Å². The maximum absolute atomic E-state index is 13.0. The van der Waals surface area contributed by atoms with Crippen LogP contribution >= 0.6 is 0 Å². The Labute approximate surface area is 179 Å². The summed E-state index contributed by atoms with van der Waals surface area (Å²) in [5, 5.41) is 8.52. The summed E-state index contributed by atoms with van der Waals surface area (Å²) in [4.78, 5) is 15.6. The van der Waals surface area contributed by atoms with Crippen LogP contribution in [0.15, 0.2) is 53.9 Å². The molecule has 0 fully saturated rings. The van der Waals surface area contributed by atoms with Gasteiger partial charge in [0.15, 0.2) is 11.6 Å². The van der Waals surface area contributed by atoms with Crippen molar-refractivity contribution in [1.29, 1.82) is 0 Å². The fraction of sp³-hybridized carbons (Fsp3) is 0.158. The molecule has 0 radical (unpaired) electrons. The van der Waals surface area contributed by atoms with E-state index in [2.05, 4.69) is 19.9 Å². The molecule has 0 amide bonds. The van der Waals surface area contributed by atoms with Crippen LogP contribution in [0.5, 0.6) is 0 Å². The molecule has 9 nitrogen and oxygen atoms in total. The molecular weight excluding hydrogens is 449 g/mol. The lowest BCUT2D eigenvalue weighted by atomic mass is 10.1. The van der Waals surface area contributed by atoms with Gasteiger partial charge in [-0.1, -0.05) is 6.07 Å². The molecule has 0 spiro atoms. The monoisotopic (exact) mass is 464 g/mol. The van der Waals surface area contributed by atoms with Crippen molar-refractivity contribution in [1.82, 2.24) is 24.5 Å². The lowest BCUT2D eigenvalue weighted by molar-refractivity contribution is -0.137. The average molecular weight is 464 g/mol. The van der Waals surface area contributed by atoms with Gasteiger partial charge in [-0.3, -0.25) is 14.2 Å². The van der Waals surface area contributed by atoms with E-state index in [0.29, 0.717) is 10.9 Å². The number of nitrogens with zero attached hydrogens (tertiary/aromatic N) is 5. The second-order valence-electron chi connectivity index (χ2n) is 6.88. The number of pyridine rings is 1. The highest BCUT2D eigenvalue weighted by Gasteiger charge is 2.31. The van der Waals surface area contributed by atoms with E-state index in [9.17, 15) is 26.4 Å². The number of hydrogen-bond acceptors (Lipinski definition) is 6. The van der Waals surface area contributed by atoms with Gasteiger partial charge in [-0.05, 0) is 25.1 Å². The number of carbonyl (C=O) groups excluding carboxylic acids is 1. The number of halogens is 3. The minimum Gasteiger partial charge on any atom is -0.294 e. The van der Waals surface area contributed by atoms with Gasteiger partial charge in [-0.15, -0.1) is 0 Å². The molecule has 13 heteroatoms. The van der Waals surface area contributed by atoms with E-state index in [1.165, 1.54) is 23.9 Å². The topological polar surface area (TPSA) is 112 Å². The van der Waals surface area contributed by atoms with Crippen LogP contribution in [0.4, 0.5) is 18.9 Å². The highest BCUT2D eigenvalue weighted by molar-refractivity contribution is 7.92. The number of fused-ring (bicyclic) bond motifs is 1. The standard InChI is InChI=1S/C19H15F3N6O3S/c1-11(29)15-4-3-12-8-24-27(2)18(12)17(15)26-32(30,31)14-9-25-28(10-14)16-7-13(5-6-23-16)19(20,21)22/h3-10,26H,1-2H3. The van der Waals surface area contributed by atoms with Crippen LogP contribution in [0, 0.1) is 0 Å². The number of Topliss-reactive ketones (excluding diaryl/α,β-unsaturated/α-hetero) is 1. The van der Waals surface area contributed by atoms with Crippen molar-refractivity contribution in [2.75, 3.05) is 4.72 Å². The van der Waals surface area contributed by atoms with E-state index in [1.54, 1.807) is 13.1 Å². The number of aryl methyl sites for hydroxylation is 1. The van der Waals surface area contributed by atoms with Crippen LogP contribution in [-0.2, 0) is 23.2 Å². The Bertz CT molecular complexity index is 1460. The third-order valence-corrected chi connectivity index (χ3v) is 6.00. The zero-order valence-corrected chi connectivity index (χ0v) is 17.4. The van der Waals surface area contributed by atoms with Crippen molar-refractivity contribution < 1.29 is 26.4 Å². The summed E-state index contributed by atoms with van der Waals surface area (Å²) in [5.74, 6) is -0.575. The van der Waals surface area contributed by atoms with Crippen LogP contribution < -0.4 is 4.72 Å². The number of aromatic nitrogens is 5. The van der Waals surface area contributed by atoms with Crippen molar-refractivity contribution in [2.24, 2.45) is 7.05 Å². The molecular formula is C19H15F3N6O3S. The number of ketones is 1. The molecule has 166 valence electrons. The van der Waals surface area contributed by atoms with E-state index in [4.69, 9.17) is 0 Å². The highest BCUT2D eigenvalue weighted by Crippen LogP contribution is 2.31. The van der Waals surface area contributed by atoms with Crippen LogP contribution in [0.3, 0.4) is 0 Å². The number of alkyl halides is 3. The Kier molecular flexibility index (Phi) is 5.00. The fourth-order valence-electron chi connectivity index (χ4n) is 3.15. The van der Waals surface area contributed by atoms with Crippen LogP contribution in [0.2, 0.25) is 0 Å². The fourth-order valence-corrected chi connectivity index (χ4v) is 4.16. The Hall–Kier alpha value is -3.74. The van der Waals surface area contributed by atoms with Gasteiger partial charge in [0.05, 0.1) is 35.4 Å². The molecule has 4 rings (SSSR count). The lowest BCUT2D eigenvalue weighted by Gasteiger charge is -2.12. The van der Waals surface area contributed by atoms with Gasteiger partial charge < -0.3 is 0 Å². The quantitative estimate of drug-likeness (QED) is 0.454. The van der Waals surface area contributed by atoms with Crippen molar-refractivity contribution in [2.45, 2.75) is 18.0 Å². The van der Waals surface area contributed by atoms with Crippen molar-refractivity contribution in [3.8, 4) is 5.82 Å². The van der Waals surface area contributed by atoms with Gasteiger partial charge in [0, 0.05) is 24.2 Å². The number of sulfonamides is 1. The third-order valence-electron chi connectivity index (χ3n) is 4.70. The van der Waals surface area contributed by atoms with Crippen LogP contribution in [0.25, 0.3) is 16.7 Å². The molecule has 0 saturated heterocycles. The van der Waals surface area contributed by atoms with Crippen LogP contribution in [0.1, 0.15) is 22.8 Å². The maximum Gasteiger partial charge on any atom is 0.416 e. The minimum atomic E-state index is -4.59. The summed E-state index contributed by atoms with van der Waals surface area (Å²) >= 11 is 0. The van der Waals surface area contributed by atoms with Gasteiger partial charge >= 0.3 is 6.18 Å². The predicted octanol–water partition coefficient (Wildman–Crippen LogP) is 3.18. The maximum atomic E-state index is 13.0. The zero-order chi connectivity index (χ0) is 23.3. The molecule has 0 aliphatic rings. The second kappa shape index (κ2) is 7.44. The number of benzene rings is 1. The average Bonchev–Trinajstić information content (AvgIpc) is 3.35. The van der Waals surface area contributed by atoms with E-state index in [0.717, 1.165) is 35.4 Å². The number of anilines is 1. The number of nitrogens with one attached hydrogen (secondary N) is 1. The normalized spacial score (nSPS) is 12.3. The SMILES string of the molecule is CC(=O)c1ccc2cnn(C)c2c1NS(=O)(=O)c1cnn(-c2cc(C(F)(F)F)ccn2)c1. The van der Waals surface area contributed by atoms with E-state index in [1.807, 2.05) is 0 Å². The smallest absolute Gasteiger partial charge is 0.294 e. The number of hydrogen-bond donors (Lipinski definition) is 1. The molecule has 1 N–H and O–H groups in total. The molecule has 0 atom stereocenters. The van der Waals surface area contributed by atoms with Crippen molar-refractivity contribution in [3.63, 3.8) is 0 Å². The molecule has 0 aliphatic heterocycles. The van der Waals surface area contributed by atoms with E-state index in [-0.39, 0.29) is 27.7 Å². The van der Waals surface area contributed by atoms with Gasteiger partial charge in [-0.25, -0.2) is 18.1 Å². The largest absolute Gasteiger partial charge is 0.416 e. The first kappa shape index (κ1) is 21.5. The third kappa shape index (κ3) is 3.82. The van der Waals surface area contributed by atoms with Gasteiger partial charge in [0.2, 0.25) is 0 Å². The van der Waals surface area contributed by atoms with Crippen LogP contribution in [-0.4, -0.2) is 38.7 Å². The first-order valence-electron chi connectivity index (χ1n) is 9.04. The molecule has 0 saturated carbocycles. The second-order valence-corrected chi connectivity index (χ2v) is 8.56. The molecule has 32 heavy (non-hydrogen) atoms. The molecule has 3 aromatic heterocycles. The first-order valence-corrected chi connectivity index (χ1v) is 10.5. The number of carbonyl (C=O) groups is 1. The molecule has 3 heterocycles. The first-order chi connectivity index (χ1) is 15.0. The molecule has 0 aliphatic carbocycles. The molecule has 4 aromatic rings. The Morgan fingerprint density at radius 2 is 1.88 bits per heavy atom. The Balaban J connectivity index is 1.75. The summed E-state index contributed by atoms with van der Waals surface area (Å²) in [6.45, 7) is 1.30. The lowest BCUT2D eigenvalue weighted by Crippen LogP contribution is -2.16. The summed E-state index contributed by atoms with van der Waals surface area (Å²) in [7, 11) is -2.66. The van der Waals surface area contributed by atoms with Gasteiger partial charge in [0.25, 0.3) is 10.0 Å². The Morgan fingerprint density at radius 1 is 1.12 bits per heavy atom. The predicted molar refractivity (Wildman–Crippen MR) is 108 cm³/mol. The van der Waals surface area contributed by atoms with Gasteiger partial charge in [0.1, 0.15) is 4.90 Å². The summed E-state index contributed by atoms with van der Waals surface area (Å²) in [5.41, 5.74) is -0.376. The van der Waals surface area contributed by atoms with Crippen molar-refractivity contribution >= 4 is 32.4 Å². The molecule has 0 bridgehead atoms. The summed E-state index contributed by atoms with van der Waals surface area (Å²) < 4.78 is 69.6. The zero-order valence-electron chi connectivity index (χ0n) is 16.6.